The fourth-order valence-corrected chi connectivity index (χ4v) is 5.07. The van der Waals surface area contributed by atoms with Crippen LogP contribution >= 0.6 is 0 Å². The van der Waals surface area contributed by atoms with Gasteiger partial charge in [0.15, 0.2) is 0 Å². The van der Waals surface area contributed by atoms with Crippen LogP contribution in [0.4, 0.5) is 0 Å². The van der Waals surface area contributed by atoms with E-state index in [1.54, 1.807) is 0 Å². The predicted octanol–water partition coefficient (Wildman–Crippen LogP) is 6.81. The molecule has 0 spiro atoms. The molecular formula is C27H52O7Si2. The van der Waals surface area contributed by atoms with Gasteiger partial charge in [-0.15, -0.1) is 0 Å². The van der Waals surface area contributed by atoms with Crippen molar-refractivity contribution in [1.29, 1.82) is 0 Å². The molecule has 0 aromatic rings. The highest BCUT2D eigenvalue weighted by molar-refractivity contribution is 6.74. The molecule has 0 radical (unpaired) electrons. The van der Waals surface area contributed by atoms with E-state index in [0.29, 0.717) is 18.4 Å². The van der Waals surface area contributed by atoms with Crippen molar-refractivity contribution >= 4 is 22.6 Å². The molecule has 2 aliphatic rings. The van der Waals surface area contributed by atoms with Gasteiger partial charge in [-0.05, 0) is 73.3 Å². The maximum Gasteiger partial charge on any atom is 0.308 e. The molecule has 1 saturated carbocycles. The van der Waals surface area contributed by atoms with Gasteiger partial charge in [0.05, 0.1) is 19.6 Å². The minimum Gasteiger partial charge on any atom is -0.466 e. The Morgan fingerprint density at radius 2 is 1.42 bits per heavy atom. The van der Waals surface area contributed by atoms with Gasteiger partial charge in [0.25, 0.3) is 0 Å². The minimum atomic E-state index is -2.06. The number of rotatable bonds is 15. The van der Waals surface area contributed by atoms with Crippen molar-refractivity contribution in [2.24, 2.45) is 17.8 Å². The highest BCUT2D eigenvalue weighted by Gasteiger charge is 2.40. The van der Waals surface area contributed by atoms with Crippen LogP contribution in [0.2, 0.25) is 36.3 Å². The number of hydrogen-bond acceptors (Lipinski definition) is 7. The molecule has 0 N–H and O–H groups in total. The second-order valence-electron chi connectivity index (χ2n) is 13.5. The van der Waals surface area contributed by atoms with Crippen LogP contribution in [0.3, 0.4) is 0 Å². The molecule has 210 valence electrons. The predicted molar refractivity (Wildman–Crippen MR) is 147 cm³/mol. The number of fused-ring (bicyclic) bond motifs is 2. The fourth-order valence-electron chi connectivity index (χ4n) is 3.84. The lowest BCUT2D eigenvalue weighted by molar-refractivity contribution is -0.275. The van der Waals surface area contributed by atoms with Gasteiger partial charge in [-0.3, -0.25) is 13.9 Å². The molecule has 2 aliphatic carbocycles. The topological polar surface area (TPSA) is 72.5 Å². The number of ether oxygens (including phenoxy) is 2. The van der Waals surface area contributed by atoms with Gasteiger partial charge in [-0.1, -0.05) is 53.7 Å². The fraction of sp³-hybridized carbons (Fsp3) is 0.889. The first-order chi connectivity index (χ1) is 16.5. The Labute approximate surface area is 221 Å². The number of allylic oxidation sites excluding steroid dienone is 2. The quantitative estimate of drug-likeness (QED) is 0.0737. The maximum absolute atomic E-state index is 12.3. The van der Waals surface area contributed by atoms with Crippen LogP contribution in [0.15, 0.2) is 12.2 Å². The monoisotopic (exact) mass is 544 g/mol. The third-order valence-corrected chi connectivity index (χ3v) is 16.8. The summed E-state index contributed by atoms with van der Waals surface area (Å²) >= 11 is 0. The van der Waals surface area contributed by atoms with Crippen molar-refractivity contribution in [2.45, 2.75) is 110 Å². The Bertz CT molecular complexity index is 693. The number of carbonyl (C=O) groups is 1. The minimum absolute atomic E-state index is 0.0311. The Morgan fingerprint density at radius 1 is 0.861 bits per heavy atom. The van der Waals surface area contributed by atoms with E-state index < -0.39 is 22.7 Å². The zero-order chi connectivity index (χ0) is 27.2. The molecule has 7 nitrogen and oxygen atoms in total. The van der Waals surface area contributed by atoms with Crippen LogP contribution in [0.5, 0.6) is 0 Å². The summed E-state index contributed by atoms with van der Waals surface area (Å²) in [6.07, 6.45) is 7.89. The summed E-state index contributed by atoms with van der Waals surface area (Å²) in [5.41, 5.74) is 0. The molecule has 2 bridgehead atoms. The summed E-state index contributed by atoms with van der Waals surface area (Å²) in [7, 11) is -4.12. The lowest BCUT2D eigenvalue weighted by atomic mass is 9.91. The van der Waals surface area contributed by atoms with E-state index in [1.807, 2.05) is 0 Å². The summed E-state index contributed by atoms with van der Waals surface area (Å²) in [5.74, 6) is 1.85. The standard InChI is InChI=1S/C27H52O7Si2/c1-26(2,3)35(7,8)33-31-19-24(20-32-34-36(9,10)27(4,5)6)29-16-14-25(28)30-15-13-23-18-21-11-12-22(23)17-21/h11-12,21-24H,13-20H2,1-10H3. The highest BCUT2D eigenvalue weighted by Crippen LogP contribution is 2.44. The van der Waals surface area contributed by atoms with E-state index >= 15 is 0 Å². The lowest BCUT2D eigenvalue weighted by Gasteiger charge is -2.35. The van der Waals surface area contributed by atoms with Crippen molar-refractivity contribution < 1.29 is 33.2 Å². The Kier molecular flexibility index (Phi) is 11.4. The second kappa shape index (κ2) is 13.0. The molecule has 0 amide bonds. The largest absolute Gasteiger partial charge is 0.466 e. The van der Waals surface area contributed by atoms with Gasteiger partial charge in [0.2, 0.25) is 16.6 Å². The Hall–Kier alpha value is -0.556. The lowest BCUT2D eigenvalue weighted by Crippen LogP contribution is -2.43. The summed E-state index contributed by atoms with van der Waals surface area (Å²) in [5, 5.41) is 0.0623. The normalized spacial score (nSPS) is 22.6. The Balaban J connectivity index is 1.75. The van der Waals surface area contributed by atoms with Crippen molar-refractivity contribution in [3.05, 3.63) is 12.2 Å². The van der Waals surface area contributed by atoms with Crippen LogP contribution < -0.4 is 0 Å². The van der Waals surface area contributed by atoms with E-state index in [2.05, 4.69) is 79.9 Å². The summed E-state index contributed by atoms with van der Waals surface area (Å²) in [4.78, 5) is 23.5. The molecule has 36 heavy (non-hydrogen) atoms. The third-order valence-electron chi connectivity index (χ3n) is 8.48. The molecule has 9 heteroatoms. The highest BCUT2D eigenvalue weighted by atomic mass is 28.4. The molecule has 0 aromatic heterocycles. The first-order valence-corrected chi connectivity index (χ1v) is 19.4. The average molecular weight is 545 g/mol. The van der Waals surface area contributed by atoms with Gasteiger partial charge in [-0.25, -0.2) is 9.78 Å². The second-order valence-corrected chi connectivity index (χ2v) is 22.9. The van der Waals surface area contributed by atoms with Gasteiger partial charge >= 0.3 is 5.97 Å². The first-order valence-electron chi connectivity index (χ1n) is 13.6. The third kappa shape index (κ3) is 9.64. The zero-order valence-electron chi connectivity index (χ0n) is 24.5. The van der Waals surface area contributed by atoms with Crippen LogP contribution in [-0.4, -0.2) is 55.1 Å². The van der Waals surface area contributed by atoms with Crippen molar-refractivity contribution in [3.8, 4) is 0 Å². The SMILES string of the molecule is CC(C)(C)[Si](C)(C)OOCC(COO[Si](C)(C)C(C)(C)C)OCCC(=O)OCCC1CC2C=CC1C2. The zero-order valence-corrected chi connectivity index (χ0v) is 26.5. The molecule has 3 atom stereocenters. The summed E-state index contributed by atoms with van der Waals surface area (Å²) in [6.45, 7) is 22.6. The van der Waals surface area contributed by atoms with Crippen molar-refractivity contribution in [3.63, 3.8) is 0 Å². The molecule has 0 heterocycles. The molecule has 3 unspecified atom stereocenters. The number of hydrogen-bond donors (Lipinski definition) is 0. The molecule has 1 fully saturated rings. The van der Waals surface area contributed by atoms with E-state index in [0.717, 1.165) is 12.3 Å². The summed E-state index contributed by atoms with van der Waals surface area (Å²) in [6, 6.07) is 0. The van der Waals surface area contributed by atoms with Crippen LogP contribution in [0.1, 0.15) is 67.2 Å². The molecule has 0 aromatic carbocycles. The van der Waals surface area contributed by atoms with E-state index in [-0.39, 0.29) is 42.3 Å². The smallest absolute Gasteiger partial charge is 0.308 e. The van der Waals surface area contributed by atoms with Crippen LogP contribution in [0.25, 0.3) is 0 Å². The molecular weight excluding hydrogens is 492 g/mol. The van der Waals surface area contributed by atoms with Gasteiger partial charge in [0.1, 0.15) is 19.3 Å². The molecule has 0 aliphatic heterocycles. The average Bonchev–Trinajstić information content (AvgIpc) is 3.35. The van der Waals surface area contributed by atoms with Crippen LogP contribution in [-0.2, 0) is 33.2 Å². The van der Waals surface area contributed by atoms with Crippen LogP contribution in [0, 0.1) is 17.8 Å². The van der Waals surface area contributed by atoms with E-state index in [1.165, 1.54) is 12.8 Å². The van der Waals surface area contributed by atoms with Crippen molar-refractivity contribution in [1.82, 2.24) is 0 Å². The van der Waals surface area contributed by atoms with E-state index in [9.17, 15) is 4.79 Å². The Morgan fingerprint density at radius 3 is 1.86 bits per heavy atom. The maximum atomic E-state index is 12.3. The van der Waals surface area contributed by atoms with E-state index in [4.69, 9.17) is 28.4 Å². The molecule has 2 rings (SSSR count). The number of carbonyl (C=O) groups excluding carboxylic acids is 1. The van der Waals surface area contributed by atoms with Crippen molar-refractivity contribution in [2.75, 3.05) is 26.4 Å². The molecule has 0 saturated heterocycles. The number of esters is 1. The van der Waals surface area contributed by atoms with Gasteiger partial charge in [0, 0.05) is 0 Å². The first kappa shape index (κ1) is 31.7. The van der Waals surface area contributed by atoms with Gasteiger partial charge in [-0.2, -0.15) is 0 Å². The summed E-state index contributed by atoms with van der Waals surface area (Å²) < 4.78 is 23.1. The van der Waals surface area contributed by atoms with Gasteiger partial charge < -0.3 is 9.47 Å².